The first-order chi connectivity index (χ1) is 12.3. The van der Waals surface area contributed by atoms with Crippen LogP contribution in [0.4, 0.5) is 0 Å². The first-order valence-electron chi connectivity index (χ1n) is 8.93. The van der Waals surface area contributed by atoms with Crippen molar-refractivity contribution in [2.75, 3.05) is 0 Å². The van der Waals surface area contributed by atoms with Crippen molar-refractivity contribution in [2.45, 2.75) is 53.1 Å². The molecular formula is C21H27N3O2. The predicted octanol–water partition coefficient (Wildman–Crippen LogP) is 3.98. The van der Waals surface area contributed by atoms with Crippen LogP contribution in [0.25, 0.3) is 10.8 Å². The number of nitrogens with one attached hydrogen (secondary N) is 1. The highest BCUT2D eigenvalue weighted by Crippen LogP contribution is 2.18. The van der Waals surface area contributed by atoms with E-state index in [0.29, 0.717) is 11.3 Å². The van der Waals surface area contributed by atoms with E-state index in [1.165, 1.54) is 0 Å². The molecule has 2 rings (SSSR count). The number of carbonyl (C=O) groups excluding carboxylic acids is 2. The topological polar surface area (TPSA) is 61.8 Å². The van der Waals surface area contributed by atoms with Gasteiger partial charge in [0.2, 0.25) is 5.91 Å². The fourth-order valence-corrected chi connectivity index (χ4v) is 3.15. The number of hydrazone groups is 1. The van der Waals surface area contributed by atoms with Gasteiger partial charge in [0.25, 0.3) is 5.91 Å². The van der Waals surface area contributed by atoms with Crippen molar-refractivity contribution in [3.8, 4) is 0 Å². The smallest absolute Gasteiger partial charge is 0.271 e. The van der Waals surface area contributed by atoms with Gasteiger partial charge in [0.15, 0.2) is 0 Å². The summed E-state index contributed by atoms with van der Waals surface area (Å²) >= 11 is 0. The normalized spacial score (nSPS) is 11.9. The fraction of sp³-hybridized carbons (Fsp3) is 0.381. The van der Waals surface area contributed by atoms with Gasteiger partial charge in [-0.3, -0.25) is 9.59 Å². The second kappa shape index (κ2) is 8.61. The molecule has 2 aromatic carbocycles. The van der Waals surface area contributed by atoms with E-state index in [2.05, 4.69) is 10.5 Å². The third-order valence-electron chi connectivity index (χ3n) is 4.19. The molecule has 26 heavy (non-hydrogen) atoms. The summed E-state index contributed by atoms with van der Waals surface area (Å²) in [6.45, 7) is 9.72. The van der Waals surface area contributed by atoms with E-state index < -0.39 is 0 Å². The zero-order chi connectivity index (χ0) is 19.3. The van der Waals surface area contributed by atoms with Crippen molar-refractivity contribution >= 4 is 28.3 Å². The lowest BCUT2D eigenvalue weighted by molar-refractivity contribution is -0.133. The van der Waals surface area contributed by atoms with Gasteiger partial charge in [0.05, 0.1) is 6.42 Å². The lowest BCUT2D eigenvalue weighted by Crippen LogP contribution is -2.42. The summed E-state index contributed by atoms with van der Waals surface area (Å²) in [5, 5.41) is 6.00. The van der Waals surface area contributed by atoms with Crippen LogP contribution in [0.2, 0.25) is 0 Å². The molecule has 0 saturated heterocycles. The Labute approximate surface area is 155 Å². The Morgan fingerprint density at radius 2 is 1.62 bits per heavy atom. The van der Waals surface area contributed by atoms with Crippen LogP contribution in [0.5, 0.6) is 0 Å². The molecule has 0 aliphatic heterocycles. The van der Waals surface area contributed by atoms with Crippen LogP contribution in [0.3, 0.4) is 0 Å². The van der Waals surface area contributed by atoms with Crippen LogP contribution >= 0.6 is 0 Å². The van der Waals surface area contributed by atoms with E-state index in [1.807, 2.05) is 69.0 Å². The van der Waals surface area contributed by atoms with Crippen LogP contribution in [0.15, 0.2) is 47.6 Å². The molecule has 5 heteroatoms. The van der Waals surface area contributed by atoms with Gasteiger partial charge in [-0.2, -0.15) is 5.10 Å². The summed E-state index contributed by atoms with van der Waals surface area (Å²) in [5.41, 5.74) is 3.72. The molecule has 2 aromatic rings. The molecule has 0 saturated carbocycles. The molecule has 0 atom stereocenters. The van der Waals surface area contributed by atoms with Crippen molar-refractivity contribution in [2.24, 2.45) is 5.10 Å². The number of fused-ring (bicyclic) bond motifs is 1. The fourth-order valence-electron chi connectivity index (χ4n) is 3.15. The lowest BCUT2D eigenvalue weighted by Gasteiger charge is -2.30. The highest BCUT2D eigenvalue weighted by atomic mass is 16.2. The summed E-state index contributed by atoms with van der Waals surface area (Å²) in [7, 11) is 0. The highest BCUT2D eigenvalue weighted by Gasteiger charge is 2.20. The third kappa shape index (κ3) is 4.69. The van der Waals surface area contributed by atoms with Gasteiger partial charge in [-0.15, -0.1) is 0 Å². The van der Waals surface area contributed by atoms with Crippen molar-refractivity contribution < 1.29 is 9.59 Å². The van der Waals surface area contributed by atoms with Gasteiger partial charge in [0.1, 0.15) is 0 Å². The van der Waals surface area contributed by atoms with Crippen molar-refractivity contribution in [3.05, 3.63) is 48.0 Å². The molecule has 0 aromatic heterocycles. The van der Waals surface area contributed by atoms with Crippen LogP contribution in [-0.4, -0.2) is 34.5 Å². The molecule has 1 N–H and O–H groups in total. The zero-order valence-electron chi connectivity index (χ0n) is 16.1. The summed E-state index contributed by atoms with van der Waals surface area (Å²) in [6.07, 6.45) is 0.187. The van der Waals surface area contributed by atoms with Crippen molar-refractivity contribution in [3.63, 3.8) is 0 Å². The van der Waals surface area contributed by atoms with E-state index in [-0.39, 0.29) is 30.3 Å². The minimum Gasteiger partial charge on any atom is -0.338 e. The second-order valence-electron chi connectivity index (χ2n) is 6.98. The first-order valence-corrected chi connectivity index (χ1v) is 8.93. The maximum Gasteiger partial charge on any atom is 0.271 e. The molecule has 0 aliphatic rings. The van der Waals surface area contributed by atoms with Gasteiger partial charge in [-0.25, -0.2) is 5.43 Å². The molecule has 0 aliphatic carbocycles. The first kappa shape index (κ1) is 19.6. The monoisotopic (exact) mass is 353 g/mol. The molecule has 5 nitrogen and oxygen atoms in total. The Balaban J connectivity index is 2.08. The van der Waals surface area contributed by atoms with Gasteiger partial charge >= 0.3 is 0 Å². The number of hydrogen-bond acceptors (Lipinski definition) is 3. The van der Waals surface area contributed by atoms with Crippen LogP contribution in [-0.2, 0) is 4.79 Å². The average Bonchev–Trinajstić information content (AvgIpc) is 2.58. The van der Waals surface area contributed by atoms with Crippen molar-refractivity contribution in [1.29, 1.82) is 0 Å². The Hall–Kier alpha value is -2.69. The zero-order valence-corrected chi connectivity index (χ0v) is 16.1. The van der Waals surface area contributed by atoms with Gasteiger partial charge in [0, 0.05) is 23.4 Å². The molecule has 2 amide bonds. The molecule has 0 heterocycles. The molecule has 138 valence electrons. The molecule has 0 bridgehead atoms. The molecule has 0 radical (unpaired) electrons. The predicted molar refractivity (Wildman–Crippen MR) is 106 cm³/mol. The number of amides is 2. The number of carbonyl (C=O) groups is 2. The van der Waals surface area contributed by atoms with Crippen LogP contribution < -0.4 is 5.43 Å². The standard InChI is InChI=1S/C21H27N3O2/c1-14(2)24(15(3)4)20(25)13-16(5)22-23-21(26)19-12-8-10-17-9-6-7-11-18(17)19/h6-12,14-15H,13H2,1-5H3,(H,23,26)/b22-16-. The van der Waals surface area contributed by atoms with Gasteiger partial charge < -0.3 is 4.90 Å². The molecule has 0 unspecified atom stereocenters. The summed E-state index contributed by atoms with van der Waals surface area (Å²) < 4.78 is 0. The Bertz CT molecular complexity index is 812. The maximum absolute atomic E-state index is 12.5. The molecular weight excluding hydrogens is 326 g/mol. The van der Waals surface area contributed by atoms with E-state index in [4.69, 9.17) is 0 Å². The van der Waals surface area contributed by atoms with Gasteiger partial charge in [-0.1, -0.05) is 36.4 Å². The Morgan fingerprint density at radius 3 is 2.27 bits per heavy atom. The largest absolute Gasteiger partial charge is 0.338 e. The Morgan fingerprint density at radius 1 is 1.00 bits per heavy atom. The van der Waals surface area contributed by atoms with Gasteiger partial charge in [-0.05, 0) is 51.5 Å². The third-order valence-corrected chi connectivity index (χ3v) is 4.19. The maximum atomic E-state index is 12.5. The Kier molecular flexibility index (Phi) is 6.50. The number of hydrogen-bond donors (Lipinski definition) is 1. The van der Waals surface area contributed by atoms with Crippen molar-refractivity contribution in [1.82, 2.24) is 10.3 Å². The van der Waals surface area contributed by atoms with E-state index in [1.54, 1.807) is 13.0 Å². The average molecular weight is 353 g/mol. The quantitative estimate of drug-likeness (QED) is 0.631. The molecule has 0 fully saturated rings. The van der Waals surface area contributed by atoms with Crippen LogP contribution in [0.1, 0.15) is 51.4 Å². The van der Waals surface area contributed by atoms with E-state index >= 15 is 0 Å². The van der Waals surface area contributed by atoms with E-state index in [9.17, 15) is 9.59 Å². The summed E-state index contributed by atoms with van der Waals surface area (Å²) in [4.78, 5) is 26.8. The molecule has 0 spiro atoms. The number of benzene rings is 2. The highest BCUT2D eigenvalue weighted by molar-refractivity contribution is 6.07. The number of nitrogens with zero attached hydrogens (tertiary/aromatic N) is 2. The minimum atomic E-state index is -0.279. The summed E-state index contributed by atoms with van der Waals surface area (Å²) in [5.74, 6) is -0.270. The second-order valence-corrected chi connectivity index (χ2v) is 6.98. The van der Waals surface area contributed by atoms with Crippen LogP contribution in [0, 0.1) is 0 Å². The van der Waals surface area contributed by atoms with E-state index in [0.717, 1.165) is 10.8 Å². The SMILES string of the molecule is C/C(CC(=O)N(C(C)C)C(C)C)=N/NC(=O)c1cccc2ccccc12. The number of rotatable bonds is 6. The minimum absolute atomic E-state index is 0.00987. The summed E-state index contributed by atoms with van der Waals surface area (Å²) in [6, 6.07) is 13.5. The lowest BCUT2D eigenvalue weighted by atomic mass is 10.0.